The second-order valence-corrected chi connectivity index (χ2v) is 13.5. The molecule has 0 spiro atoms. The molecule has 0 atom stereocenters. The Morgan fingerprint density at radius 2 is 1.86 bits per heavy atom. The van der Waals surface area contributed by atoms with E-state index in [0.717, 1.165) is 17.9 Å². The molecule has 0 radical (unpaired) electrons. The van der Waals surface area contributed by atoms with Crippen molar-refractivity contribution in [2.75, 3.05) is 13.7 Å². The van der Waals surface area contributed by atoms with Gasteiger partial charge in [-0.05, 0) is 40.3 Å². The monoisotopic (exact) mass is 392 g/mol. The molecule has 2 nitrogen and oxygen atoms in total. The molecule has 0 N–H and O–H groups in total. The standard InChI is InChI=1S/C25H32O2Si/c1-8-13-27-24-22(25(2,3)4)16-20(26-5)17-23(24)28(6,7)21-14-18-11-9-10-12-19(18)15-21/h8-12,14,16-17H,1,13,15H2,2-7H3. The average molecular weight is 393 g/mol. The van der Waals surface area contributed by atoms with E-state index in [1.807, 2.05) is 6.08 Å². The van der Waals surface area contributed by atoms with E-state index in [1.54, 1.807) is 7.11 Å². The molecule has 0 saturated heterocycles. The van der Waals surface area contributed by atoms with Gasteiger partial charge < -0.3 is 9.47 Å². The molecule has 1 aliphatic rings. The van der Waals surface area contributed by atoms with E-state index >= 15 is 0 Å². The molecule has 0 saturated carbocycles. The van der Waals surface area contributed by atoms with E-state index in [-0.39, 0.29) is 5.41 Å². The Labute approximate surface area is 170 Å². The number of fused-ring (bicyclic) bond motifs is 1. The minimum absolute atomic E-state index is 0.0444. The van der Waals surface area contributed by atoms with Gasteiger partial charge in [0.2, 0.25) is 0 Å². The average Bonchev–Trinajstić information content (AvgIpc) is 3.10. The molecule has 148 valence electrons. The third kappa shape index (κ3) is 3.81. The number of rotatable bonds is 6. The van der Waals surface area contributed by atoms with E-state index in [1.165, 1.54) is 27.1 Å². The number of ether oxygens (including phenoxy) is 2. The molecule has 1 aliphatic carbocycles. The fraction of sp³-hybridized carbons (Fsp3) is 0.360. The molecular formula is C25H32O2Si. The topological polar surface area (TPSA) is 18.5 Å². The maximum atomic E-state index is 6.30. The highest BCUT2D eigenvalue weighted by atomic mass is 28.3. The summed E-state index contributed by atoms with van der Waals surface area (Å²) in [6.45, 7) is 15.9. The largest absolute Gasteiger partial charge is 0.497 e. The number of methoxy groups -OCH3 is 1. The van der Waals surface area contributed by atoms with Gasteiger partial charge in [0.25, 0.3) is 0 Å². The molecule has 0 bridgehead atoms. The first-order valence-electron chi connectivity index (χ1n) is 9.94. The van der Waals surface area contributed by atoms with Crippen molar-refractivity contribution < 1.29 is 9.47 Å². The van der Waals surface area contributed by atoms with Crippen LogP contribution >= 0.6 is 0 Å². The zero-order valence-corrected chi connectivity index (χ0v) is 19.1. The van der Waals surface area contributed by atoms with Crippen molar-refractivity contribution in [2.24, 2.45) is 0 Å². The lowest BCUT2D eigenvalue weighted by Crippen LogP contribution is -2.45. The number of hydrogen-bond donors (Lipinski definition) is 0. The van der Waals surface area contributed by atoms with Crippen LogP contribution in [-0.2, 0) is 11.8 Å². The summed E-state index contributed by atoms with van der Waals surface area (Å²) in [6, 6.07) is 13.0. The van der Waals surface area contributed by atoms with E-state index in [0.29, 0.717) is 6.61 Å². The summed E-state index contributed by atoms with van der Waals surface area (Å²) < 4.78 is 12.0. The number of allylic oxidation sites excluding steroid dienone is 1. The van der Waals surface area contributed by atoms with Gasteiger partial charge in [0.05, 0.1) is 7.11 Å². The minimum atomic E-state index is -1.97. The maximum Gasteiger partial charge on any atom is 0.123 e. The Balaban J connectivity index is 2.17. The van der Waals surface area contributed by atoms with Gasteiger partial charge in [-0.2, -0.15) is 0 Å². The normalized spacial score (nSPS) is 13.7. The molecule has 2 aromatic rings. The van der Waals surface area contributed by atoms with Crippen molar-refractivity contribution >= 4 is 19.3 Å². The first-order valence-corrected chi connectivity index (χ1v) is 12.9. The maximum absolute atomic E-state index is 6.30. The molecule has 0 fully saturated rings. The Hall–Kier alpha value is -2.26. The van der Waals surface area contributed by atoms with Crippen LogP contribution in [0.2, 0.25) is 13.1 Å². The molecule has 0 aromatic heterocycles. The van der Waals surface area contributed by atoms with Gasteiger partial charge in [-0.15, -0.1) is 0 Å². The lowest BCUT2D eigenvalue weighted by atomic mass is 9.86. The summed E-state index contributed by atoms with van der Waals surface area (Å²) in [5.74, 6) is 1.92. The quantitative estimate of drug-likeness (QED) is 0.467. The van der Waals surface area contributed by atoms with Gasteiger partial charge in [0, 0.05) is 5.56 Å². The van der Waals surface area contributed by atoms with Gasteiger partial charge in [-0.1, -0.05) is 82.1 Å². The molecule has 0 unspecified atom stereocenters. The zero-order chi connectivity index (χ0) is 20.5. The van der Waals surface area contributed by atoms with Crippen LogP contribution in [0.3, 0.4) is 0 Å². The molecule has 0 aliphatic heterocycles. The van der Waals surface area contributed by atoms with Gasteiger partial charge in [0.15, 0.2) is 0 Å². The van der Waals surface area contributed by atoms with Crippen LogP contribution in [0.25, 0.3) is 6.08 Å². The highest BCUT2D eigenvalue weighted by molar-refractivity contribution is 6.96. The predicted octanol–water partition coefficient (Wildman–Crippen LogP) is 5.65. The van der Waals surface area contributed by atoms with Crippen LogP contribution in [0.5, 0.6) is 11.5 Å². The molecule has 2 aromatic carbocycles. The second kappa shape index (κ2) is 7.63. The Bertz CT molecular complexity index is 917. The van der Waals surface area contributed by atoms with Crippen molar-refractivity contribution in [1.29, 1.82) is 0 Å². The highest BCUT2D eigenvalue weighted by Crippen LogP contribution is 2.38. The molecular weight excluding hydrogens is 360 g/mol. The van der Waals surface area contributed by atoms with Crippen LogP contribution < -0.4 is 14.7 Å². The van der Waals surface area contributed by atoms with Gasteiger partial charge in [-0.25, -0.2) is 0 Å². The first kappa shape index (κ1) is 20.5. The number of benzene rings is 2. The molecule has 3 rings (SSSR count). The number of hydrogen-bond acceptors (Lipinski definition) is 2. The fourth-order valence-corrected chi connectivity index (χ4v) is 6.67. The van der Waals surface area contributed by atoms with Crippen LogP contribution in [0.1, 0.15) is 37.5 Å². The first-order chi connectivity index (χ1) is 13.2. The third-order valence-electron chi connectivity index (χ3n) is 5.69. The van der Waals surface area contributed by atoms with Gasteiger partial charge >= 0.3 is 0 Å². The van der Waals surface area contributed by atoms with Gasteiger partial charge in [-0.3, -0.25) is 0 Å². The summed E-state index contributed by atoms with van der Waals surface area (Å²) >= 11 is 0. The van der Waals surface area contributed by atoms with Crippen molar-refractivity contribution in [1.82, 2.24) is 0 Å². The highest BCUT2D eigenvalue weighted by Gasteiger charge is 2.36. The lowest BCUT2D eigenvalue weighted by Gasteiger charge is -2.32. The van der Waals surface area contributed by atoms with E-state index < -0.39 is 8.07 Å². The molecule has 3 heteroatoms. The summed E-state index contributed by atoms with van der Waals surface area (Å²) in [5.41, 5.74) is 3.92. The van der Waals surface area contributed by atoms with Crippen molar-refractivity contribution in [3.8, 4) is 11.5 Å². The smallest absolute Gasteiger partial charge is 0.123 e. The van der Waals surface area contributed by atoms with Crippen molar-refractivity contribution in [3.63, 3.8) is 0 Å². The Morgan fingerprint density at radius 1 is 1.14 bits per heavy atom. The summed E-state index contributed by atoms with van der Waals surface area (Å²) in [6.07, 6.45) is 5.24. The lowest BCUT2D eigenvalue weighted by molar-refractivity contribution is 0.351. The van der Waals surface area contributed by atoms with E-state index in [9.17, 15) is 0 Å². The molecule has 0 amide bonds. The summed E-state index contributed by atoms with van der Waals surface area (Å²) in [4.78, 5) is 0. The fourth-order valence-electron chi connectivity index (χ4n) is 3.89. The van der Waals surface area contributed by atoms with E-state index in [4.69, 9.17) is 9.47 Å². The van der Waals surface area contributed by atoms with Crippen LogP contribution in [0.4, 0.5) is 0 Å². The third-order valence-corrected chi connectivity index (χ3v) is 9.34. The molecule has 0 heterocycles. The minimum Gasteiger partial charge on any atom is -0.497 e. The van der Waals surface area contributed by atoms with Crippen LogP contribution in [-0.4, -0.2) is 21.8 Å². The molecule has 28 heavy (non-hydrogen) atoms. The van der Waals surface area contributed by atoms with Crippen LogP contribution in [0, 0.1) is 0 Å². The summed E-state index contributed by atoms with van der Waals surface area (Å²) in [7, 11) is -0.230. The second-order valence-electron chi connectivity index (χ2n) is 9.07. The zero-order valence-electron chi connectivity index (χ0n) is 18.1. The predicted molar refractivity (Wildman–Crippen MR) is 123 cm³/mol. The van der Waals surface area contributed by atoms with E-state index in [2.05, 4.69) is 82.9 Å². The van der Waals surface area contributed by atoms with Crippen molar-refractivity contribution in [2.45, 2.75) is 45.7 Å². The Morgan fingerprint density at radius 3 is 2.46 bits per heavy atom. The Kier molecular flexibility index (Phi) is 5.58. The summed E-state index contributed by atoms with van der Waals surface area (Å²) in [5, 5.41) is 2.84. The van der Waals surface area contributed by atoms with Gasteiger partial charge in [0.1, 0.15) is 26.2 Å². The SMILES string of the molecule is C=CCOc1c(C(C)(C)C)cc(OC)cc1[Si](C)(C)C1=Cc2ccccc2C1. The van der Waals surface area contributed by atoms with Crippen LogP contribution in [0.15, 0.2) is 54.2 Å². The van der Waals surface area contributed by atoms with Crippen molar-refractivity contribution in [3.05, 3.63) is 70.9 Å².